The normalized spacial score (nSPS) is 13.9. The van der Waals surface area contributed by atoms with Crippen LogP contribution in [0.3, 0.4) is 0 Å². The molecular weight excluding hydrogens is 839 g/mol. The van der Waals surface area contributed by atoms with Crippen molar-refractivity contribution in [3.63, 3.8) is 0 Å². The molecule has 0 saturated heterocycles. The molecule has 68 heavy (non-hydrogen) atoms. The van der Waals surface area contributed by atoms with E-state index in [4.69, 9.17) is 4.74 Å². The first-order chi connectivity index (χ1) is 33.5. The largest absolute Gasteiger partial charge is 0.461 e. The fourth-order valence-corrected chi connectivity index (χ4v) is 8.05. The van der Waals surface area contributed by atoms with E-state index in [9.17, 15) is 19.8 Å². The first-order valence-electron chi connectivity index (χ1n) is 28.5. The summed E-state index contributed by atoms with van der Waals surface area (Å²) in [6, 6.07) is -0.748. The Morgan fingerprint density at radius 1 is 0.441 bits per heavy atom. The number of aliphatic hydroxyl groups excluding tert-OH is 2. The molecule has 6 nitrogen and oxygen atoms in total. The Labute approximate surface area is 420 Å². The van der Waals surface area contributed by atoms with Gasteiger partial charge in [0.25, 0.3) is 0 Å². The number of esters is 1. The zero-order valence-corrected chi connectivity index (χ0v) is 44.5. The van der Waals surface area contributed by atoms with Crippen LogP contribution in [0.25, 0.3) is 0 Å². The van der Waals surface area contributed by atoms with Gasteiger partial charge >= 0.3 is 5.97 Å². The number of unbranched alkanes of at least 4 members (excludes halogenated alkanes) is 23. The second-order valence-corrected chi connectivity index (χ2v) is 19.0. The molecule has 3 N–H and O–H groups in total. The molecule has 0 fully saturated rings. The second kappa shape index (κ2) is 54.7. The molecule has 0 bridgehead atoms. The first kappa shape index (κ1) is 64.8. The van der Waals surface area contributed by atoms with Crippen molar-refractivity contribution in [2.24, 2.45) is 0 Å². The summed E-state index contributed by atoms with van der Waals surface area (Å²) < 4.78 is 5.86. The molecule has 0 heterocycles. The lowest BCUT2D eigenvalue weighted by atomic mass is 10.0. The van der Waals surface area contributed by atoms with E-state index in [2.05, 4.69) is 111 Å². The molecule has 1 amide bonds. The molecule has 6 heteroatoms. The van der Waals surface area contributed by atoms with Crippen LogP contribution in [0.2, 0.25) is 0 Å². The first-order valence-corrected chi connectivity index (χ1v) is 28.5. The topological polar surface area (TPSA) is 95.9 Å². The van der Waals surface area contributed by atoms with Crippen LogP contribution in [0, 0.1) is 0 Å². The SMILES string of the molecule is CCCCC/C=C\C/C=C\C/C=C\C/C=C\CCCC(=O)OC(C/C=C\C/C=C\C/C=C\C/C=C\CCCCC)CC(=O)NC(CO)C(O)CCCCCCCCCCCCCCCCCCC. The molecule has 0 aliphatic rings. The van der Waals surface area contributed by atoms with Crippen molar-refractivity contribution in [3.05, 3.63) is 97.2 Å². The number of amides is 1. The predicted molar refractivity (Wildman–Crippen MR) is 296 cm³/mol. The molecule has 0 aliphatic carbocycles. The maximum atomic E-state index is 13.2. The van der Waals surface area contributed by atoms with E-state index >= 15 is 0 Å². The second-order valence-electron chi connectivity index (χ2n) is 19.0. The van der Waals surface area contributed by atoms with Crippen LogP contribution in [0.1, 0.15) is 258 Å². The van der Waals surface area contributed by atoms with E-state index in [0.717, 1.165) is 70.6 Å². The number of rotatable bonds is 50. The van der Waals surface area contributed by atoms with Crippen molar-refractivity contribution in [1.29, 1.82) is 0 Å². The summed E-state index contributed by atoms with van der Waals surface area (Å²) in [5.41, 5.74) is 0. The number of carbonyl (C=O) groups excluding carboxylic acids is 2. The molecule has 3 unspecified atom stereocenters. The highest BCUT2D eigenvalue weighted by Gasteiger charge is 2.23. The molecule has 0 aromatic heterocycles. The van der Waals surface area contributed by atoms with Crippen molar-refractivity contribution in [2.45, 2.75) is 277 Å². The summed E-state index contributed by atoms with van der Waals surface area (Å²) in [7, 11) is 0. The van der Waals surface area contributed by atoms with E-state index in [-0.39, 0.29) is 31.3 Å². The molecule has 3 atom stereocenters. The Hall–Kier alpha value is -3.22. The van der Waals surface area contributed by atoms with E-state index < -0.39 is 18.2 Å². The molecule has 0 spiro atoms. The van der Waals surface area contributed by atoms with Gasteiger partial charge in [-0.1, -0.05) is 253 Å². The lowest BCUT2D eigenvalue weighted by molar-refractivity contribution is -0.150. The van der Waals surface area contributed by atoms with Crippen molar-refractivity contribution >= 4 is 11.9 Å². The maximum Gasteiger partial charge on any atom is 0.306 e. The Kier molecular flexibility index (Phi) is 52.1. The van der Waals surface area contributed by atoms with Crippen molar-refractivity contribution in [3.8, 4) is 0 Å². The average Bonchev–Trinajstić information content (AvgIpc) is 3.33. The van der Waals surface area contributed by atoms with E-state index in [0.29, 0.717) is 19.3 Å². The van der Waals surface area contributed by atoms with Crippen molar-refractivity contribution < 1.29 is 24.5 Å². The highest BCUT2D eigenvalue weighted by atomic mass is 16.5. The lowest BCUT2D eigenvalue weighted by Crippen LogP contribution is -2.46. The highest BCUT2D eigenvalue weighted by Crippen LogP contribution is 2.16. The smallest absolute Gasteiger partial charge is 0.306 e. The number of nitrogens with one attached hydrogen (secondary N) is 1. The minimum Gasteiger partial charge on any atom is -0.461 e. The quantitative estimate of drug-likeness (QED) is 0.0321. The Morgan fingerprint density at radius 3 is 1.18 bits per heavy atom. The lowest BCUT2D eigenvalue weighted by Gasteiger charge is -2.24. The minimum atomic E-state index is -0.826. The van der Waals surface area contributed by atoms with Gasteiger partial charge in [-0.25, -0.2) is 0 Å². The van der Waals surface area contributed by atoms with Gasteiger partial charge in [-0.15, -0.1) is 0 Å². The summed E-state index contributed by atoms with van der Waals surface area (Å²) in [4.78, 5) is 26.2. The highest BCUT2D eigenvalue weighted by molar-refractivity contribution is 5.77. The van der Waals surface area contributed by atoms with Gasteiger partial charge in [0.2, 0.25) is 5.91 Å². The van der Waals surface area contributed by atoms with Gasteiger partial charge in [-0.05, 0) is 83.5 Å². The van der Waals surface area contributed by atoms with Crippen LogP contribution in [-0.2, 0) is 14.3 Å². The van der Waals surface area contributed by atoms with Crippen molar-refractivity contribution in [2.75, 3.05) is 6.61 Å². The van der Waals surface area contributed by atoms with Crippen LogP contribution < -0.4 is 5.32 Å². The molecule has 0 aliphatic heterocycles. The maximum absolute atomic E-state index is 13.2. The zero-order valence-electron chi connectivity index (χ0n) is 44.5. The van der Waals surface area contributed by atoms with Crippen LogP contribution >= 0.6 is 0 Å². The standard InChI is InChI=1S/C62H107NO5/c1-4-7-10-13-16-19-22-25-28-30-33-36-39-42-45-48-51-54-60(65)59(57-64)63-61(66)56-58(53-50-47-44-41-38-35-32-27-24-21-18-15-12-9-6-3)68-62(67)55-52-49-46-43-40-37-34-31-29-26-23-20-17-14-11-8-5-2/h17-18,20-21,26-27,29,32,34,37-38,41,43,46-47,50,58-60,64-65H,4-16,19,22-25,28,30-31,33,35-36,39-40,42,44-45,48-49,51-57H2,1-3H3,(H,63,66)/b20-17-,21-18-,29-26-,32-27-,37-34-,41-38-,46-43-,50-47-. The number of aliphatic hydroxyl groups is 2. The minimum absolute atomic E-state index is 0.0245. The molecule has 0 saturated carbocycles. The number of hydrogen-bond acceptors (Lipinski definition) is 5. The van der Waals surface area contributed by atoms with Crippen LogP contribution in [0.4, 0.5) is 0 Å². The predicted octanol–water partition coefficient (Wildman–Crippen LogP) is 17.7. The van der Waals surface area contributed by atoms with E-state index in [1.54, 1.807) is 0 Å². The molecular formula is C62H107NO5. The van der Waals surface area contributed by atoms with Gasteiger partial charge in [0.1, 0.15) is 6.10 Å². The Bertz CT molecular complexity index is 1340. The summed E-state index contributed by atoms with van der Waals surface area (Å²) in [5.74, 6) is -0.646. The van der Waals surface area contributed by atoms with E-state index in [1.165, 1.54) is 135 Å². The molecule has 0 aromatic carbocycles. The van der Waals surface area contributed by atoms with Gasteiger partial charge in [0.05, 0.1) is 25.2 Å². The van der Waals surface area contributed by atoms with Gasteiger partial charge in [0, 0.05) is 12.8 Å². The molecule has 0 aromatic rings. The van der Waals surface area contributed by atoms with Crippen LogP contribution in [-0.4, -0.2) is 46.9 Å². The third kappa shape index (κ3) is 49.2. The Morgan fingerprint density at radius 2 is 0.779 bits per heavy atom. The molecule has 390 valence electrons. The number of carbonyl (C=O) groups is 2. The van der Waals surface area contributed by atoms with Gasteiger partial charge in [-0.2, -0.15) is 0 Å². The molecule has 0 radical (unpaired) electrons. The number of hydrogen-bond donors (Lipinski definition) is 3. The molecule has 0 rings (SSSR count). The van der Waals surface area contributed by atoms with Gasteiger partial charge in [0.15, 0.2) is 0 Å². The Balaban J connectivity index is 4.74. The fraction of sp³-hybridized carbons (Fsp3) is 0.710. The summed E-state index contributed by atoms with van der Waals surface area (Å²) in [6.07, 6.45) is 73.5. The zero-order chi connectivity index (χ0) is 49.5. The third-order valence-corrected chi connectivity index (χ3v) is 12.4. The van der Waals surface area contributed by atoms with E-state index in [1.807, 2.05) is 12.2 Å². The number of allylic oxidation sites excluding steroid dienone is 15. The van der Waals surface area contributed by atoms with Crippen molar-refractivity contribution in [1.82, 2.24) is 5.32 Å². The van der Waals surface area contributed by atoms with Gasteiger partial charge < -0.3 is 20.3 Å². The van der Waals surface area contributed by atoms with Crippen LogP contribution in [0.15, 0.2) is 97.2 Å². The summed E-state index contributed by atoms with van der Waals surface area (Å²) in [6.45, 7) is 6.40. The fourth-order valence-electron chi connectivity index (χ4n) is 8.05. The average molecular weight is 947 g/mol. The van der Waals surface area contributed by atoms with Gasteiger partial charge in [-0.3, -0.25) is 9.59 Å². The third-order valence-electron chi connectivity index (χ3n) is 12.4. The number of ether oxygens (including phenoxy) is 1. The van der Waals surface area contributed by atoms with Crippen LogP contribution in [0.5, 0.6) is 0 Å². The summed E-state index contributed by atoms with van der Waals surface area (Å²) >= 11 is 0. The monoisotopic (exact) mass is 946 g/mol. The summed E-state index contributed by atoms with van der Waals surface area (Å²) in [5, 5.41) is 23.8.